The van der Waals surface area contributed by atoms with Gasteiger partial charge in [-0.15, -0.1) is 12.4 Å². The van der Waals surface area contributed by atoms with Crippen molar-refractivity contribution < 1.29 is 4.79 Å². The number of rotatable bonds is 4. The minimum atomic E-state index is 0. The molecular formula is C15H23ClIN3O. The predicted octanol–water partition coefficient (Wildman–Crippen LogP) is 2.71. The highest BCUT2D eigenvalue weighted by Gasteiger charge is 2.22. The van der Waals surface area contributed by atoms with E-state index in [2.05, 4.69) is 39.7 Å². The second-order valence-corrected chi connectivity index (χ2v) is 6.78. The van der Waals surface area contributed by atoms with Crippen molar-refractivity contribution in [3.05, 3.63) is 27.8 Å². The van der Waals surface area contributed by atoms with Crippen molar-refractivity contribution in [2.24, 2.45) is 11.7 Å². The Morgan fingerprint density at radius 1 is 1.48 bits per heavy atom. The van der Waals surface area contributed by atoms with Gasteiger partial charge in [0, 0.05) is 15.3 Å². The molecule has 1 amide bonds. The molecule has 1 aromatic rings. The Morgan fingerprint density at radius 2 is 2.14 bits per heavy atom. The first kappa shape index (κ1) is 18.7. The number of hydrogen-bond acceptors (Lipinski definition) is 3. The summed E-state index contributed by atoms with van der Waals surface area (Å²) in [6.45, 7) is 4.47. The molecule has 6 heteroatoms. The van der Waals surface area contributed by atoms with Crippen LogP contribution in [0, 0.1) is 9.49 Å². The molecule has 0 saturated carbocycles. The van der Waals surface area contributed by atoms with Gasteiger partial charge in [-0.1, -0.05) is 6.07 Å². The topological polar surface area (TPSA) is 58.4 Å². The van der Waals surface area contributed by atoms with Crippen LogP contribution in [-0.2, 0) is 4.79 Å². The highest BCUT2D eigenvalue weighted by atomic mass is 127. The highest BCUT2D eigenvalue weighted by Crippen LogP contribution is 2.19. The fourth-order valence-corrected chi connectivity index (χ4v) is 3.15. The monoisotopic (exact) mass is 423 g/mol. The lowest BCUT2D eigenvalue weighted by Crippen LogP contribution is -2.42. The van der Waals surface area contributed by atoms with Crippen molar-refractivity contribution in [1.29, 1.82) is 0 Å². The number of nitrogens with one attached hydrogen (secondary N) is 1. The van der Waals surface area contributed by atoms with Gasteiger partial charge in [0.15, 0.2) is 0 Å². The van der Waals surface area contributed by atoms with Crippen LogP contribution >= 0.6 is 35.0 Å². The Bertz CT molecular complexity index is 462. The molecule has 1 aliphatic rings. The molecule has 21 heavy (non-hydrogen) atoms. The number of likely N-dealkylation sites (tertiary alicyclic amines) is 1. The maximum absolute atomic E-state index is 12.0. The van der Waals surface area contributed by atoms with Crippen molar-refractivity contribution in [3.63, 3.8) is 0 Å². The van der Waals surface area contributed by atoms with Gasteiger partial charge < -0.3 is 11.1 Å². The van der Waals surface area contributed by atoms with Crippen LogP contribution in [0.3, 0.4) is 0 Å². The van der Waals surface area contributed by atoms with Crippen LogP contribution in [0.1, 0.15) is 19.8 Å². The summed E-state index contributed by atoms with van der Waals surface area (Å²) >= 11 is 2.24. The minimum Gasteiger partial charge on any atom is -0.328 e. The molecule has 2 rings (SSSR count). The average Bonchev–Trinajstić information content (AvgIpc) is 2.39. The molecule has 0 aromatic heterocycles. The predicted molar refractivity (Wildman–Crippen MR) is 97.9 cm³/mol. The van der Waals surface area contributed by atoms with E-state index in [0.717, 1.165) is 35.2 Å². The molecule has 1 heterocycles. The maximum atomic E-state index is 12.0. The van der Waals surface area contributed by atoms with E-state index in [-0.39, 0.29) is 24.4 Å². The summed E-state index contributed by atoms with van der Waals surface area (Å²) in [6.07, 6.45) is 2.18. The van der Waals surface area contributed by atoms with Crippen molar-refractivity contribution in [3.8, 4) is 0 Å². The smallest absolute Gasteiger partial charge is 0.238 e. The number of piperidine rings is 1. The summed E-state index contributed by atoms with van der Waals surface area (Å²) in [6, 6.07) is 8.11. The summed E-state index contributed by atoms with van der Waals surface area (Å²) in [4.78, 5) is 14.2. The molecule has 118 valence electrons. The average molecular weight is 424 g/mol. The van der Waals surface area contributed by atoms with Crippen LogP contribution in [0.2, 0.25) is 0 Å². The van der Waals surface area contributed by atoms with Gasteiger partial charge in [0.05, 0.1) is 6.54 Å². The third kappa shape index (κ3) is 6.10. The SMILES string of the molecule is CC(N)C1CCN(CC(=O)Nc2cccc(I)c2)CC1.Cl. The van der Waals surface area contributed by atoms with E-state index >= 15 is 0 Å². The molecule has 4 nitrogen and oxygen atoms in total. The molecule has 1 unspecified atom stereocenters. The largest absolute Gasteiger partial charge is 0.328 e. The minimum absolute atomic E-state index is 0. The molecule has 1 atom stereocenters. The Hall–Kier alpha value is -0.370. The number of hydrogen-bond donors (Lipinski definition) is 2. The van der Waals surface area contributed by atoms with Crippen molar-refractivity contribution in [2.45, 2.75) is 25.8 Å². The Labute approximate surface area is 146 Å². The first-order valence-corrected chi connectivity index (χ1v) is 8.16. The summed E-state index contributed by atoms with van der Waals surface area (Å²) in [5, 5.41) is 2.95. The zero-order valence-electron chi connectivity index (χ0n) is 12.2. The number of carbonyl (C=O) groups excluding carboxylic acids is 1. The molecule has 0 radical (unpaired) electrons. The number of anilines is 1. The summed E-state index contributed by atoms with van der Waals surface area (Å²) in [5.74, 6) is 0.663. The van der Waals surface area contributed by atoms with Crippen molar-refractivity contribution >= 4 is 46.6 Å². The molecule has 0 bridgehead atoms. The van der Waals surface area contributed by atoms with Crippen LogP contribution < -0.4 is 11.1 Å². The molecular weight excluding hydrogens is 401 g/mol. The number of nitrogens with zero attached hydrogens (tertiary/aromatic N) is 1. The zero-order chi connectivity index (χ0) is 14.5. The standard InChI is InChI=1S/C15H22IN3O.ClH/c1-11(17)12-5-7-19(8-6-12)10-15(20)18-14-4-2-3-13(16)9-14;/h2-4,9,11-12H,5-8,10,17H2,1H3,(H,18,20);1H. The third-order valence-electron chi connectivity index (χ3n) is 3.85. The summed E-state index contributed by atoms with van der Waals surface area (Å²) in [7, 11) is 0. The van der Waals surface area contributed by atoms with E-state index in [9.17, 15) is 4.79 Å². The van der Waals surface area contributed by atoms with Gasteiger partial charge in [-0.3, -0.25) is 9.69 Å². The van der Waals surface area contributed by atoms with E-state index < -0.39 is 0 Å². The van der Waals surface area contributed by atoms with Gasteiger partial charge in [0.25, 0.3) is 0 Å². The first-order valence-electron chi connectivity index (χ1n) is 7.08. The second-order valence-electron chi connectivity index (χ2n) is 5.53. The van der Waals surface area contributed by atoms with E-state index in [4.69, 9.17) is 5.73 Å². The van der Waals surface area contributed by atoms with Crippen molar-refractivity contribution in [1.82, 2.24) is 4.90 Å². The van der Waals surface area contributed by atoms with E-state index in [1.54, 1.807) is 0 Å². The van der Waals surface area contributed by atoms with Gasteiger partial charge in [-0.25, -0.2) is 0 Å². The molecule has 1 fully saturated rings. The van der Waals surface area contributed by atoms with E-state index in [1.807, 2.05) is 24.3 Å². The molecule has 1 aromatic carbocycles. The second kappa shape index (κ2) is 8.92. The van der Waals surface area contributed by atoms with Crippen LogP contribution in [0.25, 0.3) is 0 Å². The Kier molecular flexibility index (Phi) is 7.94. The van der Waals surface area contributed by atoms with Crippen LogP contribution in [0.5, 0.6) is 0 Å². The third-order valence-corrected chi connectivity index (χ3v) is 4.52. The normalized spacial score (nSPS) is 17.9. The van der Waals surface area contributed by atoms with Gasteiger partial charge in [0.1, 0.15) is 0 Å². The molecule has 3 N–H and O–H groups in total. The van der Waals surface area contributed by atoms with Gasteiger partial charge in [-0.05, 0) is 79.6 Å². The molecule has 1 saturated heterocycles. The van der Waals surface area contributed by atoms with Gasteiger partial charge in [-0.2, -0.15) is 0 Å². The summed E-state index contributed by atoms with van der Waals surface area (Å²) in [5.41, 5.74) is 6.80. The van der Waals surface area contributed by atoms with Crippen molar-refractivity contribution in [2.75, 3.05) is 25.0 Å². The molecule has 1 aliphatic heterocycles. The maximum Gasteiger partial charge on any atom is 0.238 e. The summed E-state index contributed by atoms with van der Waals surface area (Å²) < 4.78 is 1.12. The highest BCUT2D eigenvalue weighted by molar-refractivity contribution is 14.1. The number of halogens is 2. The van der Waals surface area contributed by atoms with Crippen LogP contribution in [-0.4, -0.2) is 36.5 Å². The molecule has 0 spiro atoms. The first-order chi connectivity index (χ1) is 9.54. The lowest BCUT2D eigenvalue weighted by atomic mass is 9.91. The number of nitrogens with two attached hydrogens (primary N) is 1. The lowest BCUT2D eigenvalue weighted by molar-refractivity contribution is -0.117. The Balaban J connectivity index is 0.00000220. The number of benzene rings is 1. The van der Waals surface area contributed by atoms with Gasteiger partial charge in [0.2, 0.25) is 5.91 Å². The fraction of sp³-hybridized carbons (Fsp3) is 0.533. The van der Waals surface area contributed by atoms with Gasteiger partial charge >= 0.3 is 0 Å². The lowest BCUT2D eigenvalue weighted by Gasteiger charge is -2.33. The number of amides is 1. The zero-order valence-corrected chi connectivity index (χ0v) is 15.2. The quantitative estimate of drug-likeness (QED) is 0.732. The van der Waals surface area contributed by atoms with Crippen LogP contribution in [0.4, 0.5) is 5.69 Å². The van der Waals surface area contributed by atoms with Crippen LogP contribution in [0.15, 0.2) is 24.3 Å². The fourth-order valence-electron chi connectivity index (χ4n) is 2.61. The van der Waals surface area contributed by atoms with E-state index in [1.165, 1.54) is 0 Å². The van der Waals surface area contributed by atoms with E-state index in [0.29, 0.717) is 12.5 Å². The molecule has 0 aliphatic carbocycles. The Morgan fingerprint density at radius 3 is 2.71 bits per heavy atom. The number of carbonyl (C=O) groups is 1.